The van der Waals surface area contributed by atoms with Crippen LogP contribution in [0.25, 0.3) is 0 Å². The fourth-order valence-corrected chi connectivity index (χ4v) is 4.79. The van der Waals surface area contributed by atoms with E-state index in [0.717, 1.165) is 24.2 Å². The monoisotopic (exact) mass is 519 g/mol. The molecule has 0 bridgehead atoms. The Labute approximate surface area is 212 Å². The highest BCUT2D eigenvalue weighted by atomic mass is 19.4. The average molecular weight is 520 g/mol. The van der Waals surface area contributed by atoms with Gasteiger partial charge in [-0.1, -0.05) is 49.6 Å². The zero-order chi connectivity index (χ0) is 26.8. The molecule has 1 unspecified atom stereocenters. The summed E-state index contributed by atoms with van der Waals surface area (Å²) in [6, 6.07) is 10.2. The summed E-state index contributed by atoms with van der Waals surface area (Å²) in [7, 11) is 3.99. The predicted octanol–water partition coefficient (Wildman–Crippen LogP) is 4.32. The van der Waals surface area contributed by atoms with Crippen molar-refractivity contribution in [1.82, 2.24) is 10.2 Å². The molecule has 198 valence electrons. The molecule has 1 atom stereocenters. The molecular formula is C26H28F3N3O5. The van der Waals surface area contributed by atoms with Crippen LogP contribution in [0.3, 0.4) is 0 Å². The minimum absolute atomic E-state index is 0.0723. The van der Waals surface area contributed by atoms with Gasteiger partial charge in [-0.25, -0.2) is 4.99 Å². The third kappa shape index (κ3) is 4.70. The van der Waals surface area contributed by atoms with Crippen molar-refractivity contribution in [3.8, 4) is 17.2 Å². The Morgan fingerprint density at radius 3 is 2.11 bits per heavy atom. The predicted molar refractivity (Wildman–Crippen MR) is 129 cm³/mol. The second-order valence-electron chi connectivity index (χ2n) is 8.84. The van der Waals surface area contributed by atoms with Gasteiger partial charge in [-0.3, -0.25) is 14.5 Å². The van der Waals surface area contributed by atoms with Gasteiger partial charge in [0.2, 0.25) is 5.75 Å². The maximum absolute atomic E-state index is 14.7. The minimum Gasteiger partial charge on any atom is -0.493 e. The first-order valence-corrected chi connectivity index (χ1v) is 11.8. The molecule has 0 saturated heterocycles. The van der Waals surface area contributed by atoms with Crippen LogP contribution in [-0.2, 0) is 4.79 Å². The third-order valence-corrected chi connectivity index (χ3v) is 6.63. The summed E-state index contributed by atoms with van der Waals surface area (Å²) in [5.41, 5.74) is -3.36. The Kier molecular flexibility index (Phi) is 7.33. The molecule has 2 aromatic carbocycles. The maximum Gasteiger partial charge on any atom is 0.442 e. The summed E-state index contributed by atoms with van der Waals surface area (Å²) in [5, 5.41) is 1.91. The van der Waals surface area contributed by atoms with Crippen LogP contribution in [-0.4, -0.2) is 61.8 Å². The summed E-state index contributed by atoms with van der Waals surface area (Å²) in [5.74, 6) is -2.30. The Bertz CT molecular complexity index is 1170. The number of ether oxygens (including phenoxy) is 3. The van der Waals surface area contributed by atoms with E-state index in [1.54, 1.807) is 30.3 Å². The van der Waals surface area contributed by atoms with Crippen molar-refractivity contribution in [3.63, 3.8) is 0 Å². The molecule has 1 saturated carbocycles. The van der Waals surface area contributed by atoms with E-state index in [1.807, 2.05) is 5.32 Å². The first-order chi connectivity index (χ1) is 17.7. The molecular weight excluding hydrogens is 491 g/mol. The summed E-state index contributed by atoms with van der Waals surface area (Å²) in [6.07, 6.45) is -1.61. The van der Waals surface area contributed by atoms with Crippen LogP contribution < -0.4 is 19.5 Å². The highest BCUT2D eigenvalue weighted by Crippen LogP contribution is 2.42. The molecule has 0 aromatic heterocycles. The van der Waals surface area contributed by atoms with Gasteiger partial charge < -0.3 is 19.5 Å². The smallest absolute Gasteiger partial charge is 0.442 e. The number of methoxy groups -OCH3 is 3. The van der Waals surface area contributed by atoms with E-state index in [0.29, 0.717) is 18.4 Å². The van der Waals surface area contributed by atoms with Gasteiger partial charge in [-0.2, -0.15) is 13.2 Å². The average Bonchev–Trinajstić information content (AvgIpc) is 3.21. The largest absolute Gasteiger partial charge is 0.493 e. The molecule has 0 radical (unpaired) electrons. The normalized spacial score (nSPS) is 20.4. The number of hydrogen-bond donors (Lipinski definition) is 1. The van der Waals surface area contributed by atoms with E-state index in [2.05, 4.69) is 4.99 Å². The Hall–Kier alpha value is -3.76. The summed E-state index contributed by atoms with van der Waals surface area (Å²) in [4.78, 5) is 32.0. The quantitative estimate of drug-likeness (QED) is 0.589. The van der Waals surface area contributed by atoms with Crippen molar-refractivity contribution < 1.29 is 37.0 Å². The first-order valence-electron chi connectivity index (χ1n) is 11.8. The first kappa shape index (κ1) is 26.3. The number of alkyl halides is 3. The van der Waals surface area contributed by atoms with Crippen molar-refractivity contribution in [2.45, 2.75) is 50.0 Å². The van der Waals surface area contributed by atoms with Crippen LogP contribution in [0.4, 0.5) is 13.2 Å². The fourth-order valence-electron chi connectivity index (χ4n) is 4.79. The number of rotatable bonds is 7. The van der Waals surface area contributed by atoms with Crippen molar-refractivity contribution in [2.75, 3.05) is 21.3 Å². The zero-order valence-corrected chi connectivity index (χ0v) is 20.7. The number of halogens is 3. The second kappa shape index (κ2) is 10.3. The van der Waals surface area contributed by atoms with Crippen molar-refractivity contribution in [1.29, 1.82) is 0 Å². The van der Waals surface area contributed by atoms with E-state index in [4.69, 9.17) is 14.2 Å². The lowest BCUT2D eigenvalue weighted by Crippen LogP contribution is -2.64. The Morgan fingerprint density at radius 2 is 1.59 bits per heavy atom. The molecule has 2 aromatic rings. The third-order valence-electron chi connectivity index (χ3n) is 6.63. The minimum atomic E-state index is -5.22. The number of carbonyl (C=O) groups is 2. The van der Waals surface area contributed by atoms with Gasteiger partial charge in [0.05, 0.1) is 21.3 Å². The molecule has 37 heavy (non-hydrogen) atoms. The number of amides is 2. The number of nitrogens with one attached hydrogen (secondary N) is 1. The molecule has 11 heteroatoms. The molecule has 1 aliphatic heterocycles. The molecule has 2 amide bonds. The van der Waals surface area contributed by atoms with Gasteiger partial charge in [-0.05, 0) is 25.0 Å². The highest BCUT2D eigenvalue weighted by molar-refractivity contribution is 6.17. The van der Waals surface area contributed by atoms with Gasteiger partial charge in [0.1, 0.15) is 5.84 Å². The molecule has 1 N–H and O–H groups in total. The fraction of sp³-hybridized carbons (Fsp3) is 0.423. The van der Waals surface area contributed by atoms with E-state index in [-0.39, 0.29) is 28.6 Å². The number of hydrogen-bond acceptors (Lipinski definition) is 6. The number of carbonyl (C=O) groups excluding carboxylic acids is 2. The summed E-state index contributed by atoms with van der Waals surface area (Å²) in [6.45, 7) is 0. The number of benzene rings is 2. The van der Waals surface area contributed by atoms with Crippen LogP contribution in [0.1, 0.15) is 48.0 Å². The van der Waals surface area contributed by atoms with Gasteiger partial charge in [-0.15, -0.1) is 0 Å². The molecule has 1 aliphatic carbocycles. The van der Waals surface area contributed by atoms with E-state index < -0.39 is 29.7 Å². The van der Waals surface area contributed by atoms with Gasteiger partial charge >= 0.3 is 11.8 Å². The van der Waals surface area contributed by atoms with Crippen molar-refractivity contribution in [2.24, 2.45) is 4.99 Å². The lowest BCUT2D eigenvalue weighted by molar-refractivity contribution is -0.197. The SMILES string of the molecule is COc1cc(C(=O)NC2(C(F)(F)F)N=C(c3ccccc3)N(C3CCCCC3)C2=O)cc(OC)c1OC. The van der Waals surface area contributed by atoms with Gasteiger partial charge in [0.25, 0.3) is 11.8 Å². The highest BCUT2D eigenvalue weighted by Gasteiger charge is 2.68. The van der Waals surface area contributed by atoms with Crippen LogP contribution in [0.5, 0.6) is 17.2 Å². The molecule has 8 nitrogen and oxygen atoms in total. The van der Waals surface area contributed by atoms with E-state index in [9.17, 15) is 22.8 Å². The molecule has 1 fully saturated rings. The topological polar surface area (TPSA) is 89.5 Å². The lowest BCUT2D eigenvalue weighted by atomic mass is 9.93. The van der Waals surface area contributed by atoms with Gasteiger partial charge in [0.15, 0.2) is 11.5 Å². The number of aliphatic imine (C=N–C) groups is 1. The van der Waals surface area contributed by atoms with Crippen LogP contribution in [0.15, 0.2) is 47.5 Å². The standard InChI is InChI=1S/C26H28F3N3O5/c1-35-19-14-17(15-20(36-2)21(19)37-3)23(33)31-25(26(27,28)29)24(34)32(18-12-8-5-9-13-18)22(30-25)16-10-6-4-7-11-16/h4,6-7,10-11,14-15,18H,5,8-9,12-13H2,1-3H3,(H,31,33). The lowest BCUT2D eigenvalue weighted by Gasteiger charge is -2.34. The van der Waals surface area contributed by atoms with E-state index >= 15 is 0 Å². The zero-order valence-electron chi connectivity index (χ0n) is 20.7. The van der Waals surface area contributed by atoms with Crippen LogP contribution in [0, 0.1) is 0 Å². The van der Waals surface area contributed by atoms with Crippen LogP contribution >= 0.6 is 0 Å². The van der Waals surface area contributed by atoms with Crippen LogP contribution in [0.2, 0.25) is 0 Å². The second-order valence-corrected chi connectivity index (χ2v) is 8.84. The Morgan fingerprint density at radius 1 is 1.00 bits per heavy atom. The Balaban J connectivity index is 1.81. The number of nitrogens with zero attached hydrogens (tertiary/aromatic N) is 2. The maximum atomic E-state index is 14.7. The molecule has 2 aliphatic rings. The molecule has 0 spiro atoms. The summed E-state index contributed by atoms with van der Waals surface area (Å²) < 4.78 is 59.9. The van der Waals surface area contributed by atoms with Crippen molar-refractivity contribution >= 4 is 17.6 Å². The van der Waals surface area contributed by atoms with Crippen molar-refractivity contribution in [3.05, 3.63) is 53.6 Å². The van der Waals surface area contributed by atoms with E-state index in [1.165, 1.54) is 33.5 Å². The van der Waals surface area contributed by atoms with Gasteiger partial charge in [0, 0.05) is 17.2 Å². The molecule has 4 rings (SSSR count). The molecule has 1 heterocycles. The number of amidine groups is 1. The summed E-state index contributed by atoms with van der Waals surface area (Å²) >= 11 is 0.